The summed E-state index contributed by atoms with van der Waals surface area (Å²) in [5.41, 5.74) is 2.06. The zero-order valence-corrected chi connectivity index (χ0v) is 13.7. The number of amides is 3. The number of carbonyl (C=O) groups is 2. The number of rotatable bonds is 4. The molecule has 0 aromatic heterocycles. The van der Waals surface area contributed by atoms with Gasteiger partial charge in [-0.05, 0) is 67.0 Å². The van der Waals surface area contributed by atoms with Gasteiger partial charge in [0.1, 0.15) is 6.04 Å². The summed E-state index contributed by atoms with van der Waals surface area (Å²) < 4.78 is 1.13. The standard InChI is InChI=1S/C14H18IN3O2/c1-8-3-4-11(7-12(8)15)16-9(2)13(19)18-14(20)17-10-5-6-10/h3-4,7,9-10,16H,5-6H2,1-2H3,(H2,17,18,19,20)/t9-/m0/s1. The summed E-state index contributed by atoms with van der Waals surface area (Å²) in [5, 5.41) is 8.15. The van der Waals surface area contributed by atoms with Crippen molar-refractivity contribution in [3.63, 3.8) is 0 Å². The van der Waals surface area contributed by atoms with E-state index in [2.05, 4.69) is 38.5 Å². The first-order chi connectivity index (χ1) is 9.45. The van der Waals surface area contributed by atoms with Crippen LogP contribution in [0.1, 0.15) is 25.3 Å². The molecular formula is C14H18IN3O2. The van der Waals surface area contributed by atoms with Gasteiger partial charge in [0.15, 0.2) is 0 Å². The molecule has 2 rings (SSSR count). The van der Waals surface area contributed by atoms with Gasteiger partial charge in [0, 0.05) is 15.3 Å². The van der Waals surface area contributed by atoms with Crippen LogP contribution in [0.4, 0.5) is 10.5 Å². The van der Waals surface area contributed by atoms with Crippen molar-refractivity contribution >= 4 is 40.2 Å². The third kappa shape index (κ3) is 4.36. The van der Waals surface area contributed by atoms with Crippen molar-refractivity contribution in [2.75, 3.05) is 5.32 Å². The van der Waals surface area contributed by atoms with E-state index < -0.39 is 12.1 Å². The van der Waals surface area contributed by atoms with E-state index in [0.29, 0.717) is 0 Å². The van der Waals surface area contributed by atoms with Gasteiger partial charge in [-0.3, -0.25) is 10.1 Å². The van der Waals surface area contributed by atoms with Crippen LogP contribution in [-0.4, -0.2) is 24.0 Å². The number of anilines is 1. The van der Waals surface area contributed by atoms with E-state index in [9.17, 15) is 9.59 Å². The summed E-state index contributed by atoms with van der Waals surface area (Å²) in [4.78, 5) is 23.4. The second-order valence-electron chi connectivity index (χ2n) is 5.07. The molecule has 0 heterocycles. The van der Waals surface area contributed by atoms with Crippen LogP contribution in [0.25, 0.3) is 0 Å². The monoisotopic (exact) mass is 387 g/mol. The zero-order chi connectivity index (χ0) is 14.7. The Labute approximate surface area is 132 Å². The summed E-state index contributed by atoms with van der Waals surface area (Å²) in [6.07, 6.45) is 1.99. The van der Waals surface area contributed by atoms with Crippen molar-refractivity contribution in [3.05, 3.63) is 27.3 Å². The van der Waals surface area contributed by atoms with Gasteiger partial charge in [0.25, 0.3) is 0 Å². The molecule has 0 unspecified atom stereocenters. The van der Waals surface area contributed by atoms with Gasteiger partial charge >= 0.3 is 6.03 Å². The number of hydrogen-bond acceptors (Lipinski definition) is 3. The predicted molar refractivity (Wildman–Crippen MR) is 86.7 cm³/mol. The Hall–Kier alpha value is -1.31. The number of aryl methyl sites for hydroxylation is 1. The number of nitrogens with one attached hydrogen (secondary N) is 3. The zero-order valence-electron chi connectivity index (χ0n) is 11.5. The number of benzene rings is 1. The molecule has 1 aliphatic carbocycles. The molecule has 0 spiro atoms. The van der Waals surface area contributed by atoms with Crippen molar-refractivity contribution in [2.24, 2.45) is 0 Å². The largest absolute Gasteiger partial charge is 0.374 e. The van der Waals surface area contributed by atoms with E-state index in [4.69, 9.17) is 0 Å². The van der Waals surface area contributed by atoms with Gasteiger partial charge in [0.2, 0.25) is 5.91 Å². The minimum atomic E-state index is -0.474. The molecule has 20 heavy (non-hydrogen) atoms. The molecule has 0 bridgehead atoms. The quantitative estimate of drug-likeness (QED) is 0.695. The van der Waals surface area contributed by atoms with Crippen molar-refractivity contribution in [1.82, 2.24) is 10.6 Å². The Morgan fingerprint density at radius 1 is 1.35 bits per heavy atom. The highest BCUT2D eigenvalue weighted by Gasteiger charge is 2.24. The molecule has 3 N–H and O–H groups in total. The Morgan fingerprint density at radius 3 is 2.65 bits per heavy atom. The van der Waals surface area contributed by atoms with E-state index >= 15 is 0 Å². The van der Waals surface area contributed by atoms with Crippen LogP contribution in [0, 0.1) is 10.5 Å². The third-order valence-corrected chi connectivity index (χ3v) is 4.26. The molecule has 5 nitrogen and oxygen atoms in total. The highest BCUT2D eigenvalue weighted by atomic mass is 127. The molecule has 0 radical (unpaired) electrons. The van der Waals surface area contributed by atoms with E-state index in [1.807, 2.05) is 25.1 Å². The average molecular weight is 387 g/mol. The van der Waals surface area contributed by atoms with Crippen LogP contribution in [0.15, 0.2) is 18.2 Å². The fraction of sp³-hybridized carbons (Fsp3) is 0.429. The topological polar surface area (TPSA) is 70.2 Å². The van der Waals surface area contributed by atoms with Gasteiger partial charge in [-0.15, -0.1) is 0 Å². The smallest absolute Gasteiger partial charge is 0.321 e. The number of imide groups is 1. The van der Waals surface area contributed by atoms with E-state index in [-0.39, 0.29) is 11.9 Å². The molecule has 1 fully saturated rings. The van der Waals surface area contributed by atoms with Gasteiger partial charge in [-0.1, -0.05) is 6.07 Å². The molecular weight excluding hydrogens is 369 g/mol. The lowest BCUT2D eigenvalue weighted by Crippen LogP contribution is -2.46. The Balaban J connectivity index is 1.86. The molecule has 108 valence electrons. The van der Waals surface area contributed by atoms with Gasteiger partial charge in [-0.25, -0.2) is 4.79 Å². The summed E-state index contributed by atoms with van der Waals surface area (Å²) in [6.45, 7) is 3.76. The average Bonchev–Trinajstić information content (AvgIpc) is 3.17. The van der Waals surface area contributed by atoms with Crippen LogP contribution < -0.4 is 16.0 Å². The van der Waals surface area contributed by atoms with Crippen molar-refractivity contribution in [1.29, 1.82) is 0 Å². The van der Waals surface area contributed by atoms with Gasteiger partial charge in [0.05, 0.1) is 0 Å². The maximum absolute atomic E-state index is 11.9. The fourth-order valence-corrected chi connectivity index (χ4v) is 2.18. The van der Waals surface area contributed by atoms with E-state index in [1.54, 1.807) is 6.92 Å². The minimum Gasteiger partial charge on any atom is -0.374 e. The summed E-state index contributed by atoms with van der Waals surface area (Å²) in [5.74, 6) is -0.335. The highest BCUT2D eigenvalue weighted by Crippen LogP contribution is 2.19. The van der Waals surface area contributed by atoms with Crippen LogP contribution in [0.5, 0.6) is 0 Å². The summed E-state index contributed by atoms with van der Waals surface area (Å²) in [7, 11) is 0. The molecule has 1 aliphatic rings. The van der Waals surface area contributed by atoms with Crippen LogP contribution in [0.3, 0.4) is 0 Å². The summed E-state index contributed by atoms with van der Waals surface area (Å²) >= 11 is 2.25. The molecule has 1 saturated carbocycles. The lowest BCUT2D eigenvalue weighted by Gasteiger charge is -2.15. The first-order valence-corrected chi connectivity index (χ1v) is 7.67. The fourth-order valence-electron chi connectivity index (χ4n) is 1.67. The molecule has 3 amide bonds. The Bertz CT molecular complexity index is 529. The Kier molecular flexibility index (Phi) is 4.85. The number of hydrogen-bond donors (Lipinski definition) is 3. The maximum atomic E-state index is 11.9. The number of urea groups is 1. The van der Waals surface area contributed by atoms with Crippen molar-refractivity contribution < 1.29 is 9.59 Å². The lowest BCUT2D eigenvalue weighted by atomic mass is 10.2. The van der Waals surface area contributed by atoms with E-state index in [1.165, 1.54) is 5.56 Å². The Morgan fingerprint density at radius 2 is 2.05 bits per heavy atom. The highest BCUT2D eigenvalue weighted by molar-refractivity contribution is 14.1. The first kappa shape index (κ1) is 15.1. The SMILES string of the molecule is Cc1ccc(N[C@@H](C)C(=O)NC(=O)NC2CC2)cc1I. The molecule has 1 atom stereocenters. The minimum absolute atomic E-state index is 0.241. The molecule has 6 heteroatoms. The van der Waals surface area contributed by atoms with Crippen molar-refractivity contribution in [2.45, 2.75) is 38.8 Å². The lowest BCUT2D eigenvalue weighted by molar-refractivity contribution is -0.120. The van der Waals surface area contributed by atoms with Crippen LogP contribution in [0.2, 0.25) is 0 Å². The second kappa shape index (κ2) is 6.43. The molecule has 1 aromatic carbocycles. The van der Waals surface area contributed by atoms with Gasteiger partial charge < -0.3 is 10.6 Å². The number of halogens is 1. The second-order valence-corrected chi connectivity index (χ2v) is 6.23. The maximum Gasteiger partial charge on any atom is 0.321 e. The molecule has 0 aliphatic heterocycles. The first-order valence-electron chi connectivity index (χ1n) is 6.60. The van der Waals surface area contributed by atoms with Gasteiger partial charge in [-0.2, -0.15) is 0 Å². The molecule has 0 saturated heterocycles. The molecule has 1 aromatic rings. The third-order valence-electron chi connectivity index (χ3n) is 3.10. The normalized spacial score (nSPS) is 15.3. The number of carbonyl (C=O) groups excluding carboxylic acids is 2. The van der Waals surface area contributed by atoms with Crippen molar-refractivity contribution in [3.8, 4) is 0 Å². The van der Waals surface area contributed by atoms with Crippen LogP contribution in [-0.2, 0) is 4.79 Å². The summed E-state index contributed by atoms with van der Waals surface area (Å²) in [6, 6.07) is 5.25. The van der Waals surface area contributed by atoms with E-state index in [0.717, 1.165) is 22.1 Å². The van der Waals surface area contributed by atoms with Crippen LogP contribution >= 0.6 is 22.6 Å². The predicted octanol–water partition coefficient (Wildman–Crippen LogP) is 2.39.